The molecule has 4 nitrogen and oxygen atoms in total. The Kier molecular flexibility index (Phi) is 4.45. The highest BCUT2D eigenvalue weighted by molar-refractivity contribution is 5.28. The second-order valence-corrected chi connectivity index (χ2v) is 6.39. The van der Waals surface area contributed by atoms with Gasteiger partial charge in [0.25, 0.3) is 0 Å². The maximum Gasteiger partial charge on any atom is 0.218 e. The van der Waals surface area contributed by atoms with Crippen LogP contribution in [0, 0.1) is 5.92 Å². The smallest absolute Gasteiger partial charge is 0.218 e. The zero-order valence-electron chi connectivity index (χ0n) is 12.8. The van der Waals surface area contributed by atoms with Crippen LogP contribution >= 0.6 is 0 Å². The van der Waals surface area contributed by atoms with Crippen molar-refractivity contribution in [1.82, 2.24) is 4.98 Å². The van der Waals surface area contributed by atoms with Crippen LogP contribution in [-0.4, -0.2) is 29.4 Å². The largest absolute Gasteiger partial charge is 0.481 e. The van der Waals surface area contributed by atoms with Crippen molar-refractivity contribution < 1.29 is 14.6 Å². The van der Waals surface area contributed by atoms with Crippen LogP contribution in [0.4, 0.5) is 0 Å². The first kappa shape index (κ1) is 14.8. The predicted molar refractivity (Wildman–Crippen MR) is 80.2 cm³/mol. The monoisotopic (exact) mass is 291 g/mol. The molecule has 1 aliphatic heterocycles. The Morgan fingerprint density at radius 3 is 2.95 bits per heavy atom. The molecule has 1 saturated carbocycles. The van der Waals surface area contributed by atoms with E-state index in [0.717, 1.165) is 37.9 Å². The van der Waals surface area contributed by atoms with E-state index in [1.165, 1.54) is 19.3 Å². The van der Waals surface area contributed by atoms with Crippen molar-refractivity contribution >= 4 is 0 Å². The van der Waals surface area contributed by atoms with Crippen LogP contribution in [0.1, 0.15) is 56.6 Å². The Balaban J connectivity index is 1.76. The lowest BCUT2D eigenvalue weighted by Gasteiger charge is -2.44. The minimum Gasteiger partial charge on any atom is -0.481 e. The third-order valence-electron chi connectivity index (χ3n) is 5.05. The first-order chi connectivity index (χ1) is 10.2. The average Bonchev–Trinajstić information content (AvgIpc) is 2.55. The summed E-state index contributed by atoms with van der Waals surface area (Å²) in [4.78, 5) is 4.20. The van der Waals surface area contributed by atoms with Crippen LogP contribution in [0.3, 0.4) is 0 Å². The van der Waals surface area contributed by atoms with Gasteiger partial charge in [-0.1, -0.05) is 19.3 Å². The van der Waals surface area contributed by atoms with Gasteiger partial charge >= 0.3 is 0 Å². The van der Waals surface area contributed by atoms with Crippen molar-refractivity contribution in [2.24, 2.45) is 5.92 Å². The molecule has 0 amide bonds. The van der Waals surface area contributed by atoms with Gasteiger partial charge in [-0.25, -0.2) is 4.98 Å². The summed E-state index contributed by atoms with van der Waals surface area (Å²) >= 11 is 0. The summed E-state index contributed by atoms with van der Waals surface area (Å²) in [7, 11) is 1.60. The minimum absolute atomic E-state index is 0.0115. The Bertz CT molecular complexity index is 465. The zero-order chi connectivity index (χ0) is 14.7. The second kappa shape index (κ2) is 6.32. The molecular weight excluding hydrogens is 266 g/mol. The Labute approximate surface area is 126 Å². The number of aliphatic hydroxyl groups is 1. The van der Waals surface area contributed by atoms with Gasteiger partial charge in [-0.15, -0.1) is 0 Å². The molecule has 1 spiro atoms. The highest BCUT2D eigenvalue weighted by Gasteiger charge is 2.41. The maximum absolute atomic E-state index is 10.8. The molecular formula is C17H25NO3. The molecule has 0 radical (unpaired) electrons. The second-order valence-electron chi connectivity index (χ2n) is 6.39. The number of hydrogen-bond acceptors (Lipinski definition) is 4. The summed E-state index contributed by atoms with van der Waals surface area (Å²) in [6.45, 7) is 0.754. The van der Waals surface area contributed by atoms with E-state index in [4.69, 9.17) is 9.47 Å². The van der Waals surface area contributed by atoms with Gasteiger partial charge in [0.05, 0.1) is 18.8 Å². The normalized spacial score (nSPS) is 26.5. The predicted octanol–water partition coefficient (Wildman–Crippen LogP) is 3.25. The number of ether oxygens (including phenoxy) is 2. The molecule has 2 unspecified atom stereocenters. The zero-order valence-corrected chi connectivity index (χ0v) is 12.8. The number of aliphatic hydroxyl groups excluding tert-OH is 1. The number of methoxy groups -OCH3 is 1. The van der Waals surface area contributed by atoms with Gasteiger partial charge in [-0.05, 0) is 43.7 Å². The van der Waals surface area contributed by atoms with Crippen LogP contribution < -0.4 is 4.74 Å². The summed E-state index contributed by atoms with van der Waals surface area (Å²) in [5.41, 5.74) is 0.815. The third-order valence-corrected chi connectivity index (χ3v) is 5.05. The molecule has 2 atom stereocenters. The fourth-order valence-electron chi connectivity index (χ4n) is 3.93. The summed E-state index contributed by atoms with van der Waals surface area (Å²) in [6.07, 6.45) is 9.12. The molecule has 2 heterocycles. The number of rotatable bonds is 3. The maximum atomic E-state index is 10.8. The highest BCUT2D eigenvalue weighted by atomic mass is 16.5. The van der Waals surface area contributed by atoms with E-state index in [2.05, 4.69) is 4.98 Å². The van der Waals surface area contributed by atoms with E-state index in [1.54, 1.807) is 13.3 Å². The Morgan fingerprint density at radius 1 is 1.38 bits per heavy atom. The first-order valence-electron chi connectivity index (χ1n) is 8.05. The van der Waals surface area contributed by atoms with Crippen LogP contribution in [-0.2, 0) is 4.74 Å². The van der Waals surface area contributed by atoms with E-state index in [1.807, 2.05) is 12.1 Å². The lowest BCUT2D eigenvalue weighted by Crippen LogP contribution is -2.42. The van der Waals surface area contributed by atoms with Crippen molar-refractivity contribution in [2.45, 2.75) is 56.7 Å². The fraction of sp³-hybridized carbons (Fsp3) is 0.706. The Morgan fingerprint density at radius 2 is 2.19 bits per heavy atom. The van der Waals surface area contributed by atoms with Gasteiger partial charge in [-0.3, -0.25) is 0 Å². The SMILES string of the molecule is COc1ncccc1C(O)C1CCOC2(CCCCC2)C1. The fourth-order valence-corrected chi connectivity index (χ4v) is 3.93. The van der Waals surface area contributed by atoms with Crippen molar-refractivity contribution in [3.63, 3.8) is 0 Å². The minimum atomic E-state index is -0.517. The lowest BCUT2D eigenvalue weighted by molar-refractivity contribution is -0.134. The molecule has 21 heavy (non-hydrogen) atoms. The van der Waals surface area contributed by atoms with Crippen molar-refractivity contribution in [3.05, 3.63) is 23.9 Å². The molecule has 3 rings (SSSR count). The first-order valence-corrected chi connectivity index (χ1v) is 8.05. The summed E-state index contributed by atoms with van der Waals surface area (Å²) in [5, 5.41) is 10.8. The molecule has 0 aromatic carbocycles. The average molecular weight is 291 g/mol. The van der Waals surface area contributed by atoms with E-state index in [0.29, 0.717) is 5.88 Å². The molecule has 4 heteroatoms. The van der Waals surface area contributed by atoms with Gasteiger partial charge in [0.1, 0.15) is 0 Å². The topological polar surface area (TPSA) is 51.6 Å². The van der Waals surface area contributed by atoms with Gasteiger partial charge in [-0.2, -0.15) is 0 Å². The summed E-state index contributed by atoms with van der Waals surface area (Å²) < 4.78 is 11.4. The summed E-state index contributed by atoms with van der Waals surface area (Å²) in [6, 6.07) is 3.77. The highest BCUT2D eigenvalue weighted by Crippen LogP contribution is 2.45. The van der Waals surface area contributed by atoms with E-state index >= 15 is 0 Å². The molecule has 1 aromatic heterocycles. The molecule has 2 aliphatic rings. The van der Waals surface area contributed by atoms with Crippen LogP contribution in [0.25, 0.3) is 0 Å². The number of aromatic nitrogens is 1. The quantitative estimate of drug-likeness (QED) is 0.928. The number of hydrogen-bond donors (Lipinski definition) is 1. The molecule has 1 aromatic rings. The van der Waals surface area contributed by atoms with E-state index < -0.39 is 6.10 Å². The number of nitrogens with zero attached hydrogens (tertiary/aromatic N) is 1. The van der Waals surface area contributed by atoms with Crippen molar-refractivity contribution in [2.75, 3.05) is 13.7 Å². The molecule has 1 saturated heterocycles. The van der Waals surface area contributed by atoms with Crippen molar-refractivity contribution in [3.8, 4) is 5.88 Å². The molecule has 2 fully saturated rings. The number of pyridine rings is 1. The van der Waals surface area contributed by atoms with E-state index in [9.17, 15) is 5.11 Å². The van der Waals surface area contributed by atoms with Gasteiger partial charge < -0.3 is 14.6 Å². The van der Waals surface area contributed by atoms with Gasteiger partial charge in [0.2, 0.25) is 5.88 Å². The van der Waals surface area contributed by atoms with E-state index in [-0.39, 0.29) is 11.5 Å². The molecule has 0 bridgehead atoms. The lowest BCUT2D eigenvalue weighted by atomic mass is 9.74. The van der Waals surface area contributed by atoms with Gasteiger partial charge in [0.15, 0.2) is 0 Å². The van der Waals surface area contributed by atoms with Crippen LogP contribution in [0.15, 0.2) is 18.3 Å². The summed E-state index contributed by atoms with van der Waals surface area (Å²) in [5.74, 6) is 0.768. The molecule has 116 valence electrons. The standard InChI is InChI=1S/C17H25NO3/c1-20-16-14(6-5-10-18-16)15(19)13-7-11-21-17(12-13)8-3-2-4-9-17/h5-6,10,13,15,19H,2-4,7-9,11-12H2,1H3. The van der Waals surface area contributed by atoms with Crippen LogP contribution in [0.5, 0.6) is 5.88 Å². The third kappa shape index (κ3) is 3.06. The molecule has 1 N–H and O–H groups in total. The molecule has 1 aliphatic carbocycles. The van der Waals surface area contributed by atoms with Gasteiger partial charge in [0, 0.05) is 18.4 Å². The Hall–Kier alpha value is -1.13. The van der Waals surface area contributed by atoms with Crippen molar-refractivity contribution in [1.29, 1.82) is 0 Å². The van der Waals surface area contributed by atoms with Crippen LogP contribution in [0.2, 0.25) is 0 Å².